The maximum Gasteiger partial charge on any atom is 0.253 e. The molecule has 1 fully saturated rings. The lowest BCUT2D eigenvalue weighted by atomic mass is 9.90. The van der Waals surface area contributed by atoms with Gasteiger partial charge >= 0.3 is 0 Å². The second-order valence-electron chi connectivity index (χ2n) is 10.6. The second kappa shape index (κ2) is 13.1. The summed E-state index contributed by atoms with van der Waals surface area (Å²) in [6, 6.07) is 35.5. The van der Waals surface area contributed by atoms with Gasteiger partial charge in [0.2, 0.25) is 5.91 Å². The van der Waals surface area contributed by atoms with Crippen LogP contribution in [0.1, 0.15) is 52.7 Å². The van der Waals surface area contributed by atoms with Crippen LogP contribution in [-0.4, -0.2) is 31.4 Å². The van der Waals surface area contributed by atoms with E-state index in [2.05, 4.69) is 34.6 Å². The summed E-state index contributed by atoms with van der Waals surface area (Å²) in [5, 5.41) is 6.23. The van der Waals surface area contributed by atoms with Crippen LogP contribution in [-0.2, 0) is 11.2 Å². The van der Waals surface area contributed by atoms with Gasteiger partial charge in [0.15, 0.2) is 0 Å². The summed E-state index contributed by atoms with van der Waals surface area (Å²) in [7, 11) is 0. The quantitative estimate of drug-likeness (QED) is 0.254. The van der Waals surface area contributed by atoms with Crippen molar-refractivity contribution < 1.29 is 9.59 Å². The second-order valence-corrected chi connectivity index (χ2v) is 10.6. The van der Waals surface area contributed by atoms with E-state index < -0.39 is 5.92 Å². The van der Waals surface area contributed by atoms with E-state index in [0.717, 1.165) is 49.2 Å². The smallest absolute Gasteiger partial charge is 0.253 e. The van der Waals surface area contributed by atoms with Crippen molar-refractivity contribution >= 4 is 23.2 Å². The van der Waals surface area contributed by atoms with Gasteiger partial charge in [0, 0.05) is 31.0 Å². The van der Waals surface area contributed by atoms with E-state index in [-0.39, 0.29) is 11.8 Å². The van der Waals surface area contributed by atoms with E-state index in [1.54, 1.807) is 0 Å². The van der Waals surface area contributed by atoms with E-state index in [4.69, 9.17) is 0 Å². The van der Waals surface area contributed by atoms with Crippen molar-refractivity contribution in [2.75, 3.05) is 29.9 Å². The van der Waals surface area contributed by atoms with Gasteiger partial charge in [-0.1, -0.05) is 97.9 Å². The molecule has 2 amide bonds. The molecule has 0 radical (unpaired) electrons. The maximum atomic E-state index is 13.7. The first kappa shape index (κ1) is 27.2. The van der Waals surface area contributed by atoms with Crippen LogP contribution in [0.25, 0.3) is 0 Å². The predicted octanol–water partition coefficient (Wildman–Crippen LogP) is 6.67. The molecule has 5 nitrogen and oxygen atoms in total. The highest BCUT2D eigenvalue weighted by atomic mass is 16.2. The largest absolute Gasteiger partial charge is 0.371 e. The standard InChI is InChI=1S/C35H37N3O2/c1-26-20-23-38(24-21-26)32-18-17-30(25-31(32)34(39)36-22-19-27-11-5-2-6-12-27)37-35(40)33(28-13-7-3-8-14-28)29-15-9-4-10-16-29/h2-18,25-26,33H,19-24H2,1H3,(H,36,39)(H,37,40). The number of benzene rings is 4. The molecule has 4 aromatic carbocycles. The summed E-state index contributed by atoms with van der Waals surface area (Å²) in [6.45, 7) is 4.66. The lowest BCUT2D eigenvalue weighted by Crippen LogP contribution is -2.35. The van der Waals surface area contributed by atoms with Gasteiger partial charge in [0.25, 0.3) is 5.91 Å². The summed E-state index contributed by atoms with van der Waals surface area (Å²) < 4.78 is 0. The fraction of sp³-hybridized carbons (Fsp3) is 0.257. The van der Waals surface area contributed by atoms with Gasteiger partial charge < -0.3 is 15.5 Å². The molecule has 5 heteroatoms. The van der Waals surface area contributed by atoms with Crippen LogP contribution in [0.2, 0.25) is 0 Å². The number of nitrogens with zero attached hydrogens (tertiary/aromatic N) is 1. The molecule has 0 unspecified atom stereocenters. The molecule has 4 aromatic rings. The van der Waals surface area contributed by atoms with E-state index in [1.165, 1.54) is 5.56 Å². The van der Waals surface area contributed by atoms with E-state index in [1.807, 2.05) is 97.1 Å². The molecule has 0 bridgehead atoms. The summed E-state index contributed by atoms with van der Waals surface area (Å²) in [6.07, 6.45) is 2.96. The molecule has 1 aliphatic rings. The van der Waals surface area contributed by atoms with Crippen molar-refractivity contribution in [1.82, 2.24) is 5.32 Å². The SMILES string of the molecule is CC1CCN(c2ccc(NC(=O)C(c3ccccc3)c3ccccc3)cc2C(=O)NCCc2ccccc2)CC1. The van der Waals surface area contributed by atoms with Crippen molar-refractivity contribution in [2.45, 2.75) is 32.1 Å². The highest BCUT2D eigenvalue weighted by molar-refractivity contribution is 6.03. The van der Waals surface area contributed by atoms with Crippen molar-refractivity contribution in [3.8, 4) is 0 Å². The number of hydrogen-bond acceptors (Lipinski definition) is 3. The van der Waals surface area contributed by atoms with Gasteiger partial charge in [0.1, 0.15) is 0 Å². The molecule has 5 rings (SSSR count). The monoisotopic (exact) mass is 531 g/mol. The van der Waals surface area contributed by atoms with E-state index >= 15 is 0 Å². The fourth-order valence-corrected chi connectivity index (χ4v) is 5.38. The molecule has 0 aromatic heterocycles. The molecule has 1 heterocycles. The predicted molar refractivity (Wildman–Crippen MR) is 163 cm³/mol. The minimum atomic E-state index is -0.464. The lowest BCUT2D eigenvalue weighted by Gasteiger charge is -2.33. The van der Waals surface area contributed by atoms with Crippen molar-refractivity contribution in [3.05, 3.63) is 131 Å². The Labute approximate surface area is 237 Å². The number of nitrogens with one attached hydrogen (secondary N) is 2. The molecule has 204 valence electrons. The van der Waals surface area contributed by atoms with Crippen LogP contribution in [0.15, 0.2) is 109 Å². The molecular formula is C35H37N3O2. The van der Waals surface area contributed by atoms with Crippen LogP contribution >= 0.6 is 0 Å². The number of rotatable bonds is 9. The molecule has 0 aliphatic carbocycles. The highest BCUT2D eigenvalue weighted by Crippen LogP contribution is 2.31. The first-order chi connectivity index (χ1) is 19.6. The lowest BCUT2D eigenvalue weighted by molar-refractivity contribution is -0.116. The van der Waals surface area contributed by atoms with Crippen molar-refractivity contribution in [2.24, 2.45) is 5.92 Å². The van der Waals surface area contributed by atoms with Crippen molar-refractivity contribution in [1.29, 1.82) is 0 Å². The molecule has 40 heavy (non-hydrogen) atoms. The zero-order chi connectivity index (χ0) is 27.7. The summed E-state index contributed by atoms with van der Waals surface area (Å²) in [5.74, 6) is -0.0321. The first-order valence-electron chi connectivity index (χ1n) is 14.2. The van der Waals surface area contributed by atoms with E-state index in [9.17, 15) is 9.59 Å². The summed E-state index contributed by atoms with van der Waals surface area (Å²) in [4.78, 5) is 29.6. The third-order valence-electron chi connectivity index (χ3n) is 7.70. The maximum absolute atomic E-state index is 13.7. The zero-order valence-corrected chi connectivity index (χ0v) is 23.1. The average molecular weight is 532 g/mol. The number of piperidine rings is 1. The Morgan fingerprint density at radius 3 is 1.98 bits per heavy atom. The van der Waals surface area contributed by atoms with Gasteiger partial charge in [0.05, 0.1) is 11.5 Å². The molecule has 0 saturated carbocycles. The topological polar surface area (TPSA) is 61.4 Å². The Kier molecular flexibility index (Phi) is 8.92. The molecular weight excluding hydrogens is 494 g/mol. The van der Waals surface area contributed by atoms with Gasteiger partial charge in [-0.3, -0.25) is 9.59 Å². The van der Waals surface area contributed by atoms with Crippen LogP contribution in [0.5, 0.6) is 0 Å². The van der Waals surface area contributed by atoms with Crippen LogP contribution < -0.4 is 15.5 Å². The Morgan fingerprint density at radius 2 is 1.38 bits per heavy atom. The van der Waals surface area contributed by atoms with Crippen LogP contribution in [0.4, 0.5) is 11.4 Å². The Balaban J connectivity index is 1.39. The molecule has 2 N–H and O–H groups in total. The third-order valence-corrected chi connectivity index (χ3v) is 7.70. The normalized spacial score (nSPS) is 13.7. The van der Waals surface area contributed by atoms with Gasteiger partial charge in [-0.05, 0) is 60.1 Å². The minimum Gasteiger partial charge on any atom is -0.371 e. The molecule has 0 atom stereocenters. The minimum absolute atomic E-state index is 0.122. The van der Waals surface area contributed by atoms with Crippen molar-refractivity contribution in [3.63, 3.8) is 0 Å². The third kappa shape index (κ3) is 6.78. The fourth-order valence-electron chi connectivity index (χ4n) is 5.38. The molecule has 0 spiro atoms. The summed E-state index contributed by atoms with van der Waals surface area (Å²) in [5.41, 5.74) is 5.15. The molecule has 1 aliphatic heterocycles. The van der Waals surface area contributed by atoms with Gasteiger partial charge in [-0.15, -0.1) is 0 Å². The number of amides is 2. The first-order valence-corrected chi connectivity index (χ1v) is 14.2. The van der Waals surface area contributed by atoms with Gasteiger partial charge in [-0.25, -0.2) is 0 Å². The average Bonchev–Trinajstić information content (AvgIpc) is 2.99. The Hall–Kier alpha value is -4.38. The summed E-state index contributed by atoms with van der Waals surface area (Å²) >= 11 is 0. The van der Waals surface area contributed by atoms with Gasteiger partial charge in [-0.2, -0.15) is 0 Å². The van der Waals surface area contributed by atoms with E-state index in [0.29, 0.717) is 23.7 Å². The van der Waals surface area contributed by atoms with Crippen LogP contribution in [0.3, 0.4) is 0 Å². The zero-order valence-electron chi connectivity index (χ0n) is 23.1. The Morgan fingerprint density at radius 1 is 0.800 bits per heavy atom. The highest BCUT2D eigenvalue weighted by Gasteiger charge is 2.25. The number of hydrogen-bond donors (Lipinski definition) is 2. The number of carbonyl (C=O) groups is 2. The number of carbonyl (C=O) groups excluding carboxylic acids is 2. The number of anilines is 2. The Bertz CT molecular complexity index is 1360. The van der Waals surface area contributed by atoms with Crippen LogP contribution in [0, 0.1) is 5.92 Å². The molecule has 1 saturated heterocycles.